The number of urea groups is 1. The highest BCUT2D eigenvalue weighted by atomic mass is 35.5. The van der Waals surface area contributed by atoms with E-state index in [1.807, 2.05) is 68.6 Å². The van der Waals surface area contributed by atoms with Gasteiger partial charge in [0.05, 0.1) is 30.3 Å². The average molecular weight is 813 g/mol. The number of H-pyrrole nitrogens is 1. The van der Waals surface area contributed by atoms with Crippen molar-refractivity contribution in [3.8, 4) is 0 Å². The number of amides is 5. The molecule has 5 amide bonds. The van der Waals surface area contributed by atoms with Gasteiger partial charge in [-0.25, -0.2) is 9.78 Å². The van der Waals surface area contributed by atoms with E-state index in [1.54, 1.807) is 62.1 Å². The van der Waals surface area contributed by atoms with Gasteiger partial charge >= 0.3 is 6.03 Å². The van der Waals surface area contributed by atoms with E-state index in [4.69, 9.17) is 11.6 Å². The number of benzene rings is 2. The Morgan fingerprint density at radius 2 is 1.73 bits per heavy atom. The third-order valence-corrected chi connectivity index (χ3v) is 10.6. The summed E-state index contributed by atoms with van der Waals surface area (Å²) in [4.78, 5) is 76.5. The zero-order chi connectivity index (χ0) is 41.5. The zero-order valence-electron chi connectivity index (χ0n) is 33.0. The summed E-state index contributed by atoms with van der Waals surface area (Å²) in [5.41, 5.74) is 5.50. The highest BCUT2D eigenvalue weighted by Gasteiger charge is 2.43. The van der Waals surface area contributed by atoms with Crippen LogP contribution < -0.4 is 20.9 Å². The van der Waals surface area contributed by atoms with Crippen molar-refractivity contribution in [1.29, 1.82) is 0 Å². The molecule has 3 aromatic heterocycles. The molecule has 2 aromatic carbocycles. The van der Waals surface area contributed by atoms with E-state index < -0.39 is 11.8 Å². The molecule has 4 N–H and O–H groups in total. The second-order valence-electron chi connectivity index (χ2n) is 14.5. The fraction of sp³-hybridized carbons (Fsp3) is 0.250. The molecule has 15 heteroatoms. The zero-order valence-corrected chi connectivity index (χ0v) is 33.7. The number of hydrogen-bond acceptors (Lipinski definition) is 8. The number of nitrogens with one attached hydrogen (secondary N) is 4. The molecule has 59 heavy (non-hydrogen) atoms. The van der Waals surface area contributed by atoms with E-state index in [0.29, 0.717) is 41.0 Å². The Balaban J connectivity index is 1.05. The van der Waals surface area contributed by atoms with Crippen LogP contribution in [0.4, 0.5) is 22.2 Å². The van der Waals surface area contributed by atoms with Crippen molar-refractivity contribution < 1.29 is 19.2 Å². The van der Waals surface area contributed by atoms with Crippen molar-refractivity contribution in [2.75, 3.05) is 36.9 Å². The molecule has 1 fully saturated rings. The predicted molar refractivity (Wildman–Crippen MR) is 228 cm³/mol. The number of aryl methyl sites for hydroxylation is 1. The van der Waals surface area contributed by atoms with E-state index in [0.717, 1.165) is 27.7 Å². The highest BCUT2D eigenvalue weighted by molar-refractivity contribution is 6.30. The molecule has 0 saturated carbocycles. The minimum Gasteiger partial charge on any atom is -0.361 e. The average Bonchev–Trinajstić information content (AvgIpc) is 3.88. The third kappa shape index (κ3) is 9.50. The summed E-state index contributed by atoms with van der Waals surface area (Å²) in [6, 6.07) is 18.5. The number of para-hydroxylation sites is 1. The van der Waals surface area contributed by atoms with Crippen molar-refractivity contribution in [3.63, 3.8) is 0 Å². The van der Waals surface area contributed by atoms with Crippen LogP contribution in [0.3, 0.4) is 0 Å². The van der Waals surface area contributed by atoms with Gasteiger partial charge in [-0.2, -0.15) is 4.98 Å². The molecular weight excluding hydrogens is 768 g/mol. The molecule has 0 bridgehead atoms. The molecule has 5 aromatic rings. The number of likely N-dealkylation sites (tertiary alicyclic amines) is 1. The Morgan fingerprint density at radius 3 is 2.47 bits per heavy atom. The van der Waals surface area contributed by atoms with Crippen LogP contribution in [-0.4, -0.2) is 80.2 Å². The van der Waals surface area contributed by atoms with E-state index in [-0.39, 0.29) is 55.5 Å². The molecule has 0 aliphatic carbocycles. The first-order valence-corrected chi connectivity index (χ1v) is 19.7. The second kappa shape index (κ2) is 18.2. The van der Waals surface area contributed by atoms with Gasteiger partial charge < -0.3 is 25.8 Å². The van der Waals surface area contributed by atoms with Gasteiger partial charge in [0.25, 0.3) is 5.91 Å². The molecule has 0 radical (unpaired) electrons. The Kier molecular flexibility index (Phi) is 12.5. The normalized spacial score (nSPS) is 16.9. The minimum atomic E-state index is -0.804. The number of allylic oxidation sites excluding steroid dienone is 3. The first-order chi connectivity index (χ1) is 28.6. The topological polar surface area (TPSA) is 169 Å². The van der Waals surface area contributed by atoms with E-state index in [9.17, 15) is 19.2 Å². The summed E-state index contributed by atoms with van der Waals surface area (Å²) in [7, 11) is 1.63. The number of fused-ring (bicyclic) bond motifs is 2. The Bertz CT molecular complexity index is 2440. The van der Waals surface area contributed by atoms with Gasteiger partial charge in [-0.3, -0.25) is 29.2 Å². The second-order valence-corrected chi connectivity index (χ2v) is 14.9. The molecule has 2 atom stereocenters. The number of pyridine rings is 1. The SMILES string of the molecule is C/C=C/C=C(\C=C\N1Cc2cnc(Nc3ccc(C)nc3)nc2N(C)C1=O)C(=O)N1C[C@@H](C(=O)NCCc2c[nH]c3ccccc23)[C@H](C(=O)NCc2ccc(Cl)cc2)C1. The lowest BCUT2D eigenvalue weighted by Gasteiger charge is -2.32. The number of hydrogen-bond donors (Lipinski definition) is 4. The van der Waals surface area contributed by atoms with Gasteiger partial charge in [0, 0.05) is 84.6 Å². The van der Waals surface area contributed by atoms with Crippen LogP contribution in [0.1, 0.15) is 29.3 Å². The number of halogens is 1. The predicted octanol–water partition coefficient (Wildman–Crippen LogP) is 6.20. The molecule has 2 aliphatic heterocycles. The fourth-order valence-corrected chi connectivity index (χ4v) is 7.27. The number of carbonyl (C=O) groups is 4. The molecule has 5 heterocycles. The standard InChI is InChI=1S/C44H45ClN10O4/c1-4-5-8-30(18-20-54-25-32-23-50-43(52-39(32)53(3)44(54)59)51-34-16-11-28(2)47-24-34)42(58)55-26-36(37(27-55)41(57)49-21-29-12-14-33(45)15-13-29)40(56)46-19-17-31-22-48-38-10-7-6-9-35(31)38/h4-16,18,20,22-24,36-37,48H,17,19,21,25-27H2,1-3H3,(H,46,56)(H,49,57)(H,50,51,52)/b5-4+,20-18+,30-8+/t36-,37-/m1/s1. The van der Waals surface area contributed by atoms with Crippen LogP contribution in [0.25, 0.3) is 10.9 Å². The quantitative estimate of drug-likeness (QED) is 0.0806. The highest BCUT2D eigenvalue weighted by Crippen LogP contribution is 2.29. The van der Waals surface area contributed by atoms with E-state index in [2.05, 4.69) is 35.9 Å². The smallest absolute Gasteiger partial charge is 0.329 e. The van der Waals surface area contributed by atoms with Crippen molar-refractivity contribution in [3.05, 3.63) is 143 Å². The van der Waals surface area contributed by atoms with Gasteiger partial charge in [-0.05, 0) is 73.9 Å². The Hall–Kier alpha value is -6.80. The number of rotatable bonds is 13. The summed E-state index contributed by atoms with van der Waals surface area (Å²) in [5.74, 6) is -1.84. The molecule has 2 aliphatic rings. The Morgan fingerprint density at radius 1 is 0.966 bits per heavy atom. The van der Waals surface area contributed by atoms with E-state index >= 15 is 0 Å². The molecule has 0 unspecified atom stereocenters. The summed E-state index contributed by atoms with van der Waals surface area (Å²) in [6.07, 6.45) is 14.2. The monoisotopic (exact) mass is 812 g/mol. The molecule has 302 valence electrons. The van der Waals surface area contributed by atoms with Crippen LogP contribution in [0.5, 0.6) is 0 Å². The fourth-order valence-electron chi connectivity index (χ4n) is 7.15. The summed E-state index contributed by atoms with van der Waals surface area (Å²) < 4.78 is 0. The van der Waals surface area contributed by atoms with Crippen LogP contribution >= 0.6 is 11.6 Å². The van der Waals surface area contributed by atoms with Crippen LogP contribution in [0.15, 0.2) is 115 Å². The summed E-state index contributed by atoms with van der Waals surface area (Å²) in [5, 5.41) is 10.8. The van der Waals surface area contributed by atoms with Gasteiger partial charge in [0.15, 0.2) is 0 Å². The lowest BCUT2D eigenvalue weighted by molar-refractivity contribution is -0.133. The molecule has 1 saturated heterocycles. The maximum atomic E-state index is 14.3. The molecular formula is C44H45ClN10O4. The van der Waals surface area contributed by atoms with Gasteiger partial charge in [0.2, 0.25) is 17.8 Å². The van der Waals surface area contributed by atoms with Crippen molar-refractivity contribution >= 4 is 63.7 Å². The number of aromatic nitrogens is 4. The van der Waals surface area contributed by atoms with Crippen molar-refractivity contribution in [2.24, 2.45) is 11.8 Å². The van der Waals surface area contributed by atoms with Crippen molar-refractivity contribution in [2.45, 2.75) is 33.4 Å². The van der Waals surface area contributed by atoms with E-state index in [1.165, 1.54) is 14.7 Å². The summed E-state index contributed by atoms with van der Waals surface area (Å²) >= 11 is 6.05. The Labute approximate surface area is 347 Å². The number of aromatic amines is 1. The third-order valence-electron chi connectivity index (χ3n) is 10.4. The van der Waals surface area contributed by atoms with Crippen molar-refractivity contribution in [1.82, 2.24) is 40.4 Å². The number of carbonyl (C=O) groups excluding carboxylic acids is 4. The summed E-state index contributed by atoms with van der Waals surface area (Å²) in [6.45, 7) is 4.55. The molecule has 14 nitrogen and oxygen atoms in total. The van der Waals surface area contributed by atoms with Gasteiger partial charge in [-0.1, -0.05) is 54.1 Å². The largest absolute Gasteiger partial charge is 0.361 e. The number of anilines is 3. The lowest BCUT2D eigenvalue weighted by atomic mass is 9.94. The van der Waals surface area contributed by atoms with Crippen LogP contribution in [-0.2, 0) is 33.9 Å². The van der Waals surface area contributed by atoms with Crippen LogP contribution in [0.2, 0.25) is 5.02 Å². The first kappa shape index (κ1) is 40.4. The number of nitrogens with zero attached hydrogens (tertiary/aromatic N) is 6. The van der Waals surface area contributed by atoms with Crippen LogP contribution in [0, 0.1) is 18.8 Å². The molecule has 7 rings (SSSR count). The van der Waals surface area contributed by atoms with Gasteiger partial charge in [0.1, 0.15) is 5.82 Å². The first-order valence-electron chi connectivity index (χ1n) is 19.3. The minimum absolute atomic E-state index is 0.0257. The maximum Gasteiger partial charge on any atom is 0.329 e. The molecule has 0 spiro atoms. The maximum absolute atomic E-state index is 14.3. The lowest BCUT2D eigenvalue weighted by Crippen LogP contribution is -2.43. The van der Waals surface area contributed by atoms with Gasteiger partial charge in [-0.15, -0.1) is 0 Å².